The molecule has 0 saturated heterocycles. The Morgan fingerprint density at radius 3 is 2.68 bits per heavy atom. The van der Waals surface area contributed by atoms with E-state index in [1.54, 1.807) is 11.8 Å². The van der Waals surface area contributed by atoms with Crippen molar-refractivity contribution in [1.82, 2.24) is 20.1 Å². The Bertz CT molecular complexity index is 826. The van der Waals surface area contributed by atoms with Gasteiger partial charge in [0.15, 0.2) is 5.16 Å². The number of hydrogen-bond acceptors (Lipinski definition) is 4. The third-order valence-electron chi connectivity index (χ3n) is 4.89. The summed E-state index contributed by atoms with van der Waals surface area (Å²) in [4.78, 5) is 11.9. The van der Waals surface area contributed by atoms with Crippen molar-refractivity contribution in [2.24, 2.45) is 0 Å². The molecule has 0 radical (unpaired) electrons. The van der Waals surface area contributed by atoms with Crippen LogP contribution in [0.25, 0.3) is 6.08 Å². The number of nitrogens with zero attached hydrogens (tertiary/aromatic N) is 3. The van der Waals surface area contributed by atoms with Gasteiger partial charge >= 0.3 is 0 Å². The Hall–Kier alpha value is -2.22. The number of carbonyl (C=O) groups excluding carboxylic acids is 1. The summed E-state index contributed by atoms with van der Waals surface area (Å²) in [5, 5.41) is 12.3. The molecule has 1 aromatic heterocycles. The molecule has 0 aliphatic heterocycles. The highest BCUT2D eigenvalue weighted by Crippen LogP contribution is 2.33. The maximum Gasteiger partial charge on any atom is 0.244 e. The molecule has 1 fully saturated rings. The summed E-state index contributed by atoms with van der Waals surface area (Å²) in [6, 6.07) is 4.07. The lowest BCUT2D eigenvalue weighted by Gasteiger charge is -2.16. The van der Waals surface area contributed by atoms with Crippen LogP contribution in [0.4, 0.5) is 8.78 Å². The van der Waals surface area contributed by atoms with Crippen molar-refractivity contribution < 1.29 is 13.6 Å². The lowest BCUT2D eigenvalue weighted by molar-refractivity contribution is -0.116. The highest BCUT2D eigenvalue weighted by molar-refractivity contribution is 7.98. The van der Waals surface area contributed by atoms with Crippen LogP contribution in [0.15, 0.2) is 29.4 Å². The molecule has 1 aliphatic carbocycles. The van der Waals surface area contributed by atoms with E-state index in [1.807, 2.05) is 6.26 Å². The predicted molar refractivity (Wildman–Crippen MR) is 106 cm³/mol. The van der Waals surface area contributed by atoms with Crippen LogP contribution >= 0.6 is 11.8 Å². The summed E-state index contributed by atoms with van der Waals surface area (Å²) in [5.41, 5.74) is -0.216. The number of benzene rings is 1. The first-order chi connectivity index (χ1) is 13.6. The van der Waals surface area contributed by atoms with Gasteiger partial charge in [0.25, 0.3) is 0 Å². The summed E-state index contributed by atoms with van der Waals surface area (Å²) in [5.74, 6) is -0.820. The molecule has 1 amide bonds. The molecule has 0 unspecified atom stereocenters. The quantitative estimate of drug-likeness (QED) is 0.406. The van der Waals surface area contributed by atoms with Crippen molar-refractivity contribution in [3.05, 3.63) is 47.3 Å². The van der Waals surface area contributed by atoms with E-state index in [0.717, 1.165) is 54.5 Å². The average Bonchev–Trinajstić information content (AvgIpc) is 3.34. The van der Waals surface area contributed by atoms with Gasteiger partial charge in [-0.25, -0.2) is 8.78 Å². The van der Waals surface area contributed by atoms with Gasteiger partial charge < -0.3 is 9.88 Å². The first-order valence-corrected chi connectivity index (χ1v) is 10.7. The Kier molecular flexibility index (Phi) is 7.19. The lowest BCUT2D eigenvalue weighted by Crippen LogP contribution is -2.23. The summed E-state index contributed by atoms with van der Waals surface area (Å²) >= 11 is 1.60. The number of halogens is 2. The summed E-state index contributed by atoms with van der Waals surface area (Å²) in [6.45, 7) is 0.453. The van der Waals surface area contributed by atoms with E-state index < -0.39 is 11.6 Å². The van der Waals surface area contributed by atoms with Gasteiger partial charge in [0.1, 0.15) is 17.5 Å². The van der Waals surface area contributed by atoms with Crippen molar-refractivity contribution in [1.29, 1.82) is 0 Å². The van der Waals surface area contributed by atoms with Crippen LogP contribution < -0.4 is 5.32 Å². The lowest BCUT2D eigenvalue weighted by atomic mass is 10.2. The molecule has 0 spiro atoms. The predicted octanol–water partition coefficient (Wildman–Crippen LogP) is 4.16. The summed E-state index contributed by atoms with van der Waals surface area (Å²) < 4.78 is 29.4. The molecule has 5 nitrogen and oxygen atoms in total. The van der Waals surface area contributed by atoms with E-state index in [2.05, 4.69) is 20.1 Å². The van der Waals surface area contributed by atoms with Gasteiger partial charge in [-0.15, -0.1) is 10.2 Å². The van der Waals surface area contributed by atoms with E-state index in [4.69, 9.17) is 0 Å². The van der Waals surface area contributed by atoms with Crippen molar-refractivity contribution in [2.75, 3.05) is 12.8 Å². The van der Waals surface area contributed by atoms with Crippen LogP contribution in [0.5, 0.6) is 0 Å². The maximum absolute atomic E-state index is 13.6. The maximum atomic E-state index is 13.6. The minimum absolute atomic E-state index is 0.216. The second-order valence-electron chi connectivity index (χ2n) is 6.77. The van der Waals surface area contributed by atoms with Gasteiger partial charge in [-0.1, -0.05) is 30.7 Å². The van der Waals surface area contributed by atoms with Gasteiger partial charge in [0.2, 0.25) is 5.91 Å². The number of hydrogen-bond donors (Lipinski definition) is 1. The Morgan fingerprint density at radius 1 is 1.29 bits per heavy atom. The third-order valence-corrected chi connectivity index (χ3v) is 5.53. The molecule has 0 bridgehead atoms. The van der Waals surface area contributed by atoms with E-state index in [9.17, 15) is 13.6 Å². The zero-order chi connectivity index (χ0) is 19.9. The minimum Gasteiger partial charge on any atom is -0.353 e. The number of carbonyl (C=O) groups is 1. The fourth-order valence-electron chi connectivity index (χ4n) is 3.49. The average molecular weight is 407 g/mol. The first kappa shape index (κ1) is 20.5. The molecule has 2 aromatic rings. The van der Waals surface area contributed by atoms with Gasteiger partial charge in [0.05, 0.1) is 0 Å². The van der Waals surface area contributed by atoms with E-state index >= 15 is 0 Å². The number of rotatable bonds is 8. The smallest absolute Gasteiger partial charge is 0.244 e. The Balaban J connectivity index is 1.50. The molecule has 0 atom stereocenters. The number of aryl methyl sites for hydroxylation is 1. The van der Waals surface area contributed by atoms with Crippen LogP contribution in [0.2, 0.25) is 0 Å². The molecule has 150 valence electrons. The largest absolute Gasteiger partial charge is 0.353 e. The molecule has 1 aliphatic rings. The minimum atomic E-state index is -0.695. The van der Waals surface area contributed by atoms with Crippen molar-refractivity contribution in [2.45, 2.75) is 49.7 Å². The summed E-state index contributed by atoms with van der Waals surface area (Å²) in [7, 11) is 0. The first-order valence-electron chi connectivity index (χ1n) is 9.48. The Labute approximate surface area is 167 Å². The standard InChI is InChI=1S/C20H24F2N4OS/c1-28-20-25-24-18(26(20)14-6-2-3-7-14)10-5-13-23-19(27)12-11-15-16(21)8-4-9-17(15)22/h4,8-9,11-12,14H,2-3,5-7,10,13H2,1H3,(H,23,27)/b12-11+. The van der Waals surface area contributed by atoms with Crippen LogP contribution in [0.3, 0.4) is 0 Å². The van der Waals surface area contributed by atoms with Crippen molar-refractivity contribution >= 4 is 23.7 Å². The van der Waals surface area contributed by atoms with Crippen LogP contribution in [0.1, 0.15) is 49.5 Å². The van der Waals surface area contributed by atoms with Gasteiger partial charge in [-0.05, 0) is 43.7 Å². The third kappa shape index (κ3) is 4.98. The number of aromatic nitrogens is 3. The number of nitrogens with one attached hydrogen (secondary N) is 1. The van der Waals surface area contributed by atoms with Crippen LogP contribution in [0, 0.1) is 11.6 Å². The Morgan fingerprint density at radius 2 is 2.00 bits per heavy atom. The normalized spacial score (nSPS) is 14.8. The van der Waals surface area contributed by atoms with Crippen molar-refractivity contribution in [3.8, 4) is 0 Å². The zero-order valence-corrected chi connectivity index (χ0v) is 16.6. The van der Waals surface area contributed by atoms with Gasteiger partial charge in [-0.2, -0.15) is 0 Å². The molecular weight excluding hydrogens is 382 g/mol. The molecular formula is C20H24F2N4OS. The van der Waals surface area contributed by atoms with Crippen molar-refractivity contribution in [3.63, 3.8) is 0 Å². The molecule has 28 heavy (non-hydrogen) atoms. The van der Waals surface area contributed by atoms with E-state index in [0.29, 0.717) is 19.0 Å². The number of amides is 1. The van der Waals surface area contributed by atoms with E-state index in [-0.39, 0.29) is 11.5 Å². The second-order valence-corrected chi connectivity index (χ2v) is 7.55. The van der Waals surface area contributed by atoms with Gasteiger partial charge in [-0.3, -0.25) is 4.79 Å². The molecule has 3 rings (SSSR count). The molecule has 8 heteroatoms. The topological polar surface area (TPSA) is 59.8 Å². The highest BCUT2D eigenvalue weighted by atomic mass is 32.2. The molecule has 1 N–H and O–H groups in total. The number of thioether (sulfide) groups is 1. The van der Waals surface area contributed by atoms with Crippen LogP contribution in [-0.4, -0.2) is 33.5 Å². The van der Waals surface area contributed by atoms with E-state index in [1.165, 1.54) is 18.9 Å². The summed E-state index contributed by atoms with van der Waals surface area (Å²) in [6.07, 6.45) is 10.5. The second kappa shape index (κ2) is 9.82. The van der Waals surface area contributed by atoms with Gasteiger partial charge in [0, 0.05) is 30.6 Å². The zero-order valence-electron chi connectivity index (χ0n) is 15.8. The molecule has 1 aromatic carbocycles. The molecule has 1 heterocycles. The molecule has 1 saturated carbocycles. The fourth-order valence-corrected chi connectivity index (χ4v) is 4.07. The fraction of sp³-hybridized carbons (Fsp3) is 0.450. The van der Waals surface area contributed by atoms with Crippen LogP contribution in [-0.2, 0) is 11.2 Å². The SMILES string of the molecule is CSc1nnc(CCCNC(=O)/C=C/c2c(F)cccc2F)n1C1CCCC1. The highest BCUT2D eigenvalue weighted by Gasteiger charge is 2.23. The monoisotopic (exact) mass is 406 g/mol.